The van der Waals surface area contributed by atoms with Gasteiger partial charge in [-0.15, -0.1) is 5.10 Å². The maximum atomic E-state index is 12.5. The van der Waals surface area contributed by atoms with Gasteiger partial charge in [0.25, 0.3) is 11.7 Å². The molecule has 0 spiro atoms. The Morgan fingerprint density at radius 3 is 2.68 bits per heavy atom. The van der Waals surface area contributed by atoms with Gasteiger partial charge < -0.3 is 10.1 Å². The highest BCUT2D eigenvalue weighted by Crippen LogP contribution is 2.19. The van der Waals surface area contributed by atoms with Gasteiger partial charge in [-0.2, -0.15) is 5.10 Å². The van der Waals surface area contributed by atoms with Crippen LogP contribution < -0.4 is 5.32 Å². The third-order valence-corrected chi connectivity index (χ3v) is 3.65. The molecule has 1 atom stereocenters. The third kappa shape index (κ3) is 4.65. The number of H-pyrrole nitrogens is 1. The Labute approximate surface area is 146 Å². The lowest BCUT2D eigenvalue weighted by molar-refractivity contribution is 0.0512. The summed E-state index contributed by atoms with van der Waals surface area (Å²) in [5.74, 6) is -0.235. The number of nitrogens with one attached hydrogen (secondary N) is 2. The van der Waals surface area contributed by atoms with Crippen molar-refractivity contribution in [3.63, 3.8) is 0 Å². The Morgan fingerprint density at radius 1 is 1.40 bits per heavy atom. The molecule has 1 amide bonds. The second-order valence-electron chi connectivity index (χ2n) is 6.21. The summed E-state index contributed by atoms with van der Waals surface area (Å²) in [6.45, 7) is 7.90. The minimum absolute atomic E-state index is 0.0477. The molecule has 9 heteroatoms. The second-order valence-corrected chi connectivity index (χ2v) is 6.21. The fraction of sp³-hybridized carbons (Fsp3) is 0.562. The lowest BCUT2D eigenvalue weighted by Gasteiger charge is -2.17. The Bertz CT molecular complexity index is 729. The second kappa shape index (κ2) is 7.91. The van der Waals surface area contributed by atoms with Gasteiger partial charge in [0.1, 0.15) is 11.5 Å². The van der Waals surface area contributed by atoms with E-state index in [9.17, 15) is 9.59 Å². The molecule has 9 nitrogen and oxygen atoms in total. The van der Waals surface area contributed by atoms with E-state index in [0.717, 1.165) is 5.69 Å². The minimum atomic E-state index is -0.597. The van der Waals surface area contributed by atoms with E-state index in [4.69, 9.17) is 4.74 Å². The maximum Gasteiger partial charge on any atom is 0.378 e. The number of carbonyl (C=O) groups is 2. The summed E-state index contributed by atoms with van der Waals surface area (Å²) in [6.07, 6.45) is 0.634. The highest BCUT2D eigenvalue weighted by molar-refractivity contribution is 5.92. The Hall–Kier alpha value is -2.71. The first-order valence-electron chi connectivity index (χ1n) is 8.22. The molecular formula is C16H24N6O3. The van der Waals surface area contributed by atoms with Crippen molar-refractivity contribution in [1.29, 1.82) is 0 Å². The van der Waals surface area contributed by atoms with Crippen molar-refractivity contribution in [1.82, 2.24) is 30.3 Å². The predicted octanol–water partition coefficient (Wildman–Crippen LogP) is 1.54. The smallest absolute Gasteiger partial charge is 0.378 e. The molecule has 0 aliphatic rings. The van der Waals surface area contributed by atoms with E-state index in [2.05, 4.69) is 25.6 Å². The molecule has 2 aromatic heterocycles. The molecular weight excluding hydrogens is 324 g/mol. The largest absolute Gasteiger partial charge is 0.460 e. The molecule has 25 heavy (non-hydrogen) atoms. The van der Waals surface area contributed by atoms with Crippen molar-refractivity contribution >= 4 is 11.9 Å². The van der Waals surface area contributed by atoms with E-state index in [1.165, 1.54) is 0 Å². The van der Waals surface area contributed by atoms with Crippen molar-refractivity contribution in [2.24, 2.45) is 13.0 Å². The summed E-state index contributed by atoms with van der Waals surface area (Å²) in [6, 6.07) is 1.30. The fourth-order valence-corrected chi connectivity index (χ4v) is 2.33. The molecule has 0 radical (unpaired) electrons. The van der Waals surface area contributed by atoms with Crippen molar-refractivity contribution in [2.75, 3.05) is 6.61 Å². The first kappa shape index (κ1) is 18.6. The van der Waals surface area contributed by atoms with E-state index >= 15 is 0 Å². The van der Waals surface area contributed by atoms with E-state index < -0.39 is 12.0 Å². The number of hydrogen-bond acceptors (Lipinski definition) is 6. The van der Waals surface area contributed by atoms with Gasteiger partial charge in [0, 0.05) is 12.7 Å². The van der Waals surface area contributed by atoms with E-state index in [1.54, 1.807) is 24.7 Å². The van der Waals surface area contributed by atoms with E-state index in [-0.39, 0.29) is 18.3 Å². The lowest BCUT2D eigenvalue weighted by Crippen LogP contribution is -2.30. The number of rotatable bonds is 7. The Morgan fingerprint density at radius 2 is 2.12 bits per heavy atom. The first-order valence-corrected chi connectivity index (χ1v) is 8.22. The number of nitrogens with zero attached hydrogens (tertiary/aromatic N) is 4. The molecule has 0 aromatic carbocycles. The Kier molecular flexibility index (Phi) is 5.89. The van der Waals surface area contributed by atoms with Crippen LogP contribution in [-0.4, -0.2) is 43.4 Å². The fourth-order valence-electron chi connectivity index (χ4n) is 2.33. The normalized spacial score (nSPS) is 12.2. The first-order chi connectivity index (χ1) is 11.8. The minimum Gasteiger partial charge on any atom is -0.460 e. The van der Waals surface area contributed by atoms with Crippen LogP contribution in [-0.2, 0) is 11.8 Å². The molecule has 0 aliphatic heterocycles. The average molecular weight is 348 g/mol. The molecule has 0 saturated heterocycles. The van der Waals surface area contributed by atoms with Gasteiger partial charge in [0.05, 0.1) is 12.6 Å². The van der Waals surface area contributed by atoms with Crippen molar-refractivity contribution in [2.45, 2.75) is 40.2 Å². The molecule has 2 rings (SSSR count). The van der Waals surface area contributed by atoms with Crippen molar-refractivity contribution < 1.29 is 14.3 Å². The maximum absolute atomic E-state index is 12.5. The summed E-state index contributed by atoms with van der Waals surface area (Å²) in [7, 11) is 1.78. The Balaban J connectivity index is 2.18. The topological polar surface area (TPSA) is 115 Å². The number of aromatic amines is 1. The van der Waals surface area contributed by atoms with Crippen molar-refractivity contribution in [3.05, 3.63) is 29.1 Å². The quantitative estimate of drug-likeness (QED) is 0.734. The van der Waals surface area contributed by atoms with Gasteiger partial charge >= 0.3 is 5.97 Å². The van der Waals surface area contributed by atoms with E-state index in [0.29, 0.717) is 23.9 Å². The molecule has 2 N–H and O–H groups in total. The zero-order valence-electron chi connectivity index (χ0n) is 15.2. The molecule has 1 unspecified atom stereocenters. The summed E-state index contributed by atoms with van der Waals surface area (Å²) in [5, 5.41) is 13.7. The molecule has 0 saturated carbocycles. The predicted molar refractivity (Wildman–Crippen MR) is 89.9 cm³/mol. The van der Waals surface area contributed by atoms with Gasteiger partial charge in [0.2, 0.25) is 0 Å². The van der Waals surface area contributed by atoms with Crippen LogP contribution in [0.1, 0.15) is 65.9 Å². The lowest BCUT2D eigenvalue weighted by atomic mass is 10.0. The van der Waals surface area contributed by atoms with Crippen LogP contribution >= 0.6 is 0 Å². The third-order valence-electron chi connectivity index (χ3n) is 3.65. The van der Waals surface area contributed by atoms with Crippen LogP contribution in [0.15, 0.2) is 6.07 Å². The number of hydrogen-bond donors (Lipinski definition) is 2. The average Bonchev–Trinajstić information content (AvgIpc) is 3.14. The number of ether oxygens (including phenoxy) is 1. The summed E-state index contributed by atoms with van der Waals surface area (Å²) >= 11 is 0. The molecule has 0 fully saturated rings. The van der Waals surface area contributed by atoms with Crippen LogP contribution in [0.5, 0.6) is 0 Å². The van der Waals surface area contributed by atoms with Crippen LogP contribution in [0.3, 0.4) is 0 Å². The summed E-state index contributed by atoms with van der Waals surface area (Å²) in [4.78, 5) is 28.4. The molecule has 0 bridgehead atoms. The number of carbonyl (C=O) groups excluding carboxylic acids is 2. The van der Waals surface area contributed by atoms with Gasteiger partial charge in [-0.25, -0.2) is 9.78 Å². The highest BCUT2D eigenvalue weighted by atomic mass is 16.5. The number of aryl methyl sites for hydroxylation is 2. The van der Waals surface area contributed by atoms with E-state index in [1.807, 2.05) is 20.8 Å². The molecule has 0 aliphatic carbocycles. The monoisotopic (exact) mass is 348 g/mol. The number of aromatic nitrogens is 5. The van der Waals surface area contributed by atoms with Crippen LogP contribution in [0.2, 0.25) is 0 Å². The van der Waals surface area contributed by atoms with Gasteiger partial charge in [-0.1, -0.05) is 13.8 Å². The zero-order chi connectivity index (χ0) is 18.6. The summed E-state index contributed by atoms with van der Waals surface area (Å²) < 4.78 is 6.52. The van der Waals surface area contributed by atoms with Gasteiger partial charge in [-0.3, -0.25) is 14.6 Å². The molecule has 2 aromatic rings. The standard InChI is InChI=1S/C16H24N6O3/c1-6-25-16(24)14-18-13(19-20-14)11(7-9(2)3)17-15(23)12-8-10(4)22(5)21-12/h8-9,11H,6-7H2,1-5H3,(H,17,23)(H,18,19,20). The van der Waals surface area contributed by atoms with Crippen LogP contribution in [0, 0.1) is 12.8 Å². The van der Waals surface area contributed by atoms with Gasteiger partial charge in [0.15, 0.2) is 0 Å². The van der Waals surface area contributed by atoms with Crippen LogP contribution in [0.25, 0.3) is 0 Å². The van der Waals surface area contributed by atoms with Crippen molar-refractivity contribution in [3.8, 4) is 0 Å². The van der Waals surface area contributed by atoms with Gasteiger partial charge in [-0.05, 0) is 32.3 Å². The summed E-state index contributed by atoms with van der Waals surface area (Å²) in [5.41, 5.74) is 1.22. The zero-order valence-corrected chi connectivity index (χ0v) is 15.2. The number of esters is 1. The van der Waals surface area contributed by atoms with Crippen LogP contribution in [0.4, 0.5) is 0 Å². The number of amides is 1. The highest BCUT2D eigenvalue weighted by Gasteiger charge is 2.24. The molecule has 2 heterocycles. The SMILES string of the molecule is CCOC(=O)c1n[nH]c(C(CC(C)C)NC(=O)c2cc(C)n(C)n2)n1. The molecule has 136 valence electrons.